The topological polar surface area (TPSA) is 70.1 Å². The molecule has 6 heteroatoms. The Hall–Kier alpha value is -1.30. The number of urea groups is 1. The van der Waals surface area contributed by atoms with Crippen molar-refractivity contribution in [1.29, 1.82) is 0 Å². The number of ether oxygens (including phenoxy) is 1. The fraction of sp³-hybridized carbons (Fsp3) is 0.846. The number of methoxy groups -OCH3 is 1. The van der Waals surface area contributed by atoms with Crippen LogP contribution in [0.2, 0.25) is 0 Å². The summed E-state index contributed by atoms with van der Waals surface area (Å²) in [6.07, 6.45) is 2.73. The summed E-state index contributed by atoms with van der Waals surface area (Å²) in [6.45, 7) is 4.58. The van der Waals surface area contributed by atoms with Gasteiger partial charge in [-0.1, -0.05) is 6.92 Å². The van der Waals surface area contributed by atoms with Crippen molar-refractivity contribution in [3.63, 3.8) is 0 Å². The summed E-state index contributed by atoms with van der Waals surface area (Å²) in [4.78, 5) is 26.6. The van der Waals surface area contributed by atoms with Gasteiger partial charge in [-0.3, -0.25) is 4.79 Å². The van der Waals surface area contributed by atoms with Crippen molar-refractivity contribution in [3.8, 4) is 0 Å². The fourth-order valence-corrected chi connectivity index (χ4v) is 1.95. The van der Waals surface area contributed by atoms with E-state index in [0.29, 0.717) is 13.2 Å². The van der Waals surface area contributed by atoms with Crippen molar-refractivity contribution in [2.45, 2.75) is 45.2 Å². The molecule has 6 nitrogen and oxygen atoms in total. The van der Waals surface area contributed by atoms with Gasteiger partial charge < -0.3 is 19.6 Å². The number of carboxylic acids is 1. The monoisotopic (exact) mass is 272 g/mol. The maximum atomic E-state index is 12.5. The van der Waals surface area contributed by atoms with Crippen LogP contribution in [-0.4, -0.2) is 65.8 Å². The van der Waals surface area contributed by atoms with Crippen molar-refractivity contribution in [2.24, 2.45) is 0 Å². The first kappa shape index (κ1) is 15.8. The molecule has 1 aliphatic carbocycles. The molecule has 0 heterocycles. The van der Waals surface area contributed by atoms with Crippen molar-refractivity contribution in [3.05, 3.63) is 0 Å². The SMILES string of the molecule is CCC(C)N(CC(=O)O)C(=O)N(CCOC)C1CC1. The Morgan fingerprint density at radius 2 is 2.05 bits per heavy atom. The molecule has 0 spiro atoms. The first-order valence-corrected chi connectivity index (χ1v) is 6.79. The van der Waals surface area contributed by atoms with Crippen LogP contribution in [0.5, 0.6) is 0 Å². The fourth-order valence-electron chi connectivity index (χ4n) is 1.95. The molecule has 2 amide bonds. The van der Waals surface area contributed by atoms with E-state index >= 15 is 0 Å². The third-order valence-electron chi connectivity index (χ3n) is 3.44. The summed E-state index contributed by atoms with van der Waals surface area (Å²) in [6, 6.07) is -0.00769. The van der Waals surface area contributed by atoms with Crippen LogP contribution in [0.15, 0.2) is 0 Å². The van der Waals surface area contributed by atoms with Gasteiger partial charge in [0.05, 0.1) is 6.61 Å². The molecule has 1 rings (SSSR count). The lowest BCUT2D eigenvalue weighted by Gasteiger charge is -2.33. The summed E-state index contributed by atoms with van der Waals surface area (Å²) in [5.74, 6) is -0.976. The molecule has 1 unspecified atom stereocenters. The van der Waals surface area contributed by atoms with Gasteiger partial charge in [-0.05, 0) is 26.2 Å². The molecule has 1 fully saturated rings. The summed E-state index contributed by atoms with van der Waals surface area (Å²) < 4.78 is 5.02. The maximum Gasteiger partial charge on any atom is 0.323 e. The number of rotatable bonds is 8. The predicted molar refractivity (Wildman–Crippen MR) is 71.1 cm³/mol. The third kappa shape index (κ3) is 4.70. The quantitative estimate of drug-likeness (QED) is 0.725. The van der Waals surface area contributed by atoms with E-state index in [1.165, 1.54) is 4.90 Å². The van der Waals surface area contributed by atoms with Crippen molar-refractivity contribution >= 4 is 12.0 Å². The smallest absolute Gasteiger partial charge is 0.323 e. The first-order chi connectivity index (χ1) is 9.01. The zero-order valence-corrected chi connectivity index (χ0v) is 12.0. The van der Waals surface area contributed by atoms with Gasteiger partial charge in [0.1, 0.15) is 6.54 Å². The lowest BCUT2D eigenvalue weighted by atomic mass is 10.2. The highest BCUT2D eigenvalue weighted by molar-refractivity contribution is 5.81. The molecule has 1 saturated carbocycles. The van der Waals surface area contributed by atoms with Crippen LogP contribution in [0.25, 0.3) is 0 Å². The Bertz CT molecular complexity index is 318. The molecule has 0 aliphatic heterocycles. The minimum Gasteiger partial charge on any atom is -0.480 e. The Morgan fingerprint density at radius 3 is 2.47 bits per heavy atom. The molecule has 0 radical (unpaired) electrons. The van der Waals surface area contributed by atoms with Gasteiger partial charge >= 0.3 is 12.0 Å². The van der Waals surface area contributed by atoms with Crippen LogP contribution >= 0.6 is 0 Å². The maximum absolute atomic E-state index is 12.5. The Labute approximate surface area is 114 Å². The van der Waals surface area contributed by atoms with E-state index in [1.807, 2.05) is 13.8 Å². The molecule has 1 atom stereocenters. The highest BCUT2D eigenvalue weighted by Gasteiger charge is 2.36. The van der Waals surface area contributed by atoms with Gasteiger partial charge in [-0.15, -0.1) is 0 Å². The van der Waals surface area contributed by atoms with Gasteiger partial charge in [0.2, 0.25) is 0 Å². The van der Waals surface area contributed by atoms with Gasteiger partial charge in [-0.25, -0.2) is 4.79 Å². The summed E-state index contributed by atoms with van der Waals surface area (Å²) in [5, 5.41) is 8.95. The minimum atomic E-state index is -0.976. The van der Waals surface area contributed by atoms with Crippen LogP contribution in [0.1, 0.15) is 33.1 Å². The summed E-state index contributed by atoms with van der Waals surface area (Å²) in [7, 11) is 1.60. The highest BCUT2D eigenvalue weighted by atomic mass is 16.5. The minimum absolute atomic E-state index is 0.0765. The highest BCUT2D eigenvalue weighted by Crippen LogP contribution is 2.28. The molecule has 0 aromatic heterocycles. The number of amides is 2. The Balaban J connectivity index is 2.73. The van der Waals surface area contributed by atoms with Crippen LogP contribution in [0.3, 0.4) is 0 Å². The van der Waals surface area contributed by atoms with E-state index in [0.717, 1.165) is 19.3 Å². The molecule has 0 aromatic carbocycles. The van der Waals surface area contributed by atoms with Crippen LogP contribution < -0.4 is 0 Å². The number of hydrogen-bond acceptors (Lipinski definition) is 3. The predicted octanol–water partition coefficient (Wildman–Crippen LogP) is 1.40. The Morgan fingerprint density at radius 1 is 1.42 bits per heavy atom. The average molecular weight is 272 g/mol. The molecule has 0 saturated heterocycles. The zero-order valence-electron chi connectivity index (χ0n) is 12.0. The summed E-state index contributed by atoms with van der Waals surface area (Å²) >= 11 is 0. The lowest BCUT2D eigenvalue weighted by molar-refractivity contribution is -0.138. The van der Waals surface area contributed by atoms with Crippen molar-refractivity contribution < 1.29 is 19.4 Å². The van der Waals surface area contributed by atoms with Crippen molar-refractivity contribution in [1.82, 2.24) is 9.80 Å². The molecule has 19 heavy (non-hydrogen) atoms. The van der Waals surface area contributed by atoms with Crippen LogP contribution in [-0.2, 0) is 9.53 Å². The lowest BCUT2D eigenvalue weighted by Crippen LogP contribution is -2.50. The Kier molecular flexibility index (Phi) is 6.08. The second-order valence-corrected chi connectivity index (χ2v) is 4.98. The zero-order chi connectivity index (χ0) is 14.4. The van der Waals surface area contributed by atoms with Gasteiger partial charge in [-0.2, -0.15) is 0 Å². The molecular formula is C13H24N2O4. The van der Waals surface area contributed by atoms with E-state index in [1.54, 1.807) is 12.0 Å². The number of aliphatic carboxylic acids is 1. The molecule has 1 aliphatic rings. The number of carbonyl (C=O) groups excluding carboxylic acids is 1. The van der Waals surface area contributed by atoms with E-state index in [4.69, 9.17) is 9.84 Å². The second kappa shape index (κ2) is 7.33. The van der Waals surface area contributed by atoms with Gasteiger partial charge in [0.15, 0.2) is 0 Å². The van der Waals surface area contributed by atoms with E-state index in [2.05, 4.69) is 0 Å². The number of carbonyl (C=O) groups is 2. The van der Waals surface area contributed by atoms with Gasteiger partial charge in [0, 0.05) is 25.7 Å². The summed E-state index contributed by atoms with van der Waals surface area (Å²) in [5.41, 5.74) is 0. The van der Waals surface area contributed by atoms with E-state index in [-0.39, 0.29) is 24.7 Å². The third-order valence-corrected chi connectivity index (χ3v) is 3.44. The molecule has 110 valence electrons. The van der Waals surface area contributed by atoms with Crippen LogP contribution in [0, 0.1) is 0 Å². The van der Waals surface area contributed by atoms with Gasteiger partial charge in [0.25, 0.3) is 0 Å². The number of carboxylic acid groups (broad SMARTS) is 1. The average Bonchev–Trinajstić information content (AvgIpc) is 3.19. The van der Waals surface area contributed by atoms with E-state index < -0.39 is 5.97 Å². The standard InChI is InChI=1S/C13H24N2O4/c1-4-10(2)15(9-12(16)17)13(18)14(7-8-19-3)11-5-6-11/h10-11H,4-9H2,1-3H3,(H,16,17). The molecular weight excluding hydrogens is 248 g/mol. The molecule has 1 N–H and O–H groups in total. The second-order valence-electron chi connectivity index (χ2n) is 4.98. The first-order valence-electron chi connectivity index (χ1n) is 6.79. The van der Waals surface area contributed by atoms with Crippen molar-refractivity contribution in [2.75, 3.05) is 26.8 Å². The number of nitrogens with zero attached hydrogens (tertiary/aromatic N) is 2. The van der Waals surface area contributed by atoms with Crippen LogP contribution in [0.4, 0.5) is 4.79 Å². The normalized spacial score (nSPS) is 15.9. The van der Waals surface area contributed by atoms with E-state index in [9.17, 15) is 9.59 Å². The molecule has 0 bridgehead atoms. The number of hydrogen-bond donors (Lipinski definition) is 1. The largest absolute Gasteiger partial charge is 0.480 e. The molecule has 0 aromatic rings.